The minimum atomic E-state index is -0.910. The highest BCUT2D eigenvalue weighted by Crippen LogP contribution is 2.31. The summed E-state index contributed by atoms with van der Waals surface area (Å²) >= 11 is 0. The topological polar surface area (TPSA) is 72.5 Å². The Balaban J connectivity index is 1.41. The molecule has 1 aliphatic heterocycles. The molecule has 0 aliphatic carbocycles. The molecule has 1 fully saturated rings. The van der Waals surface area contributed by atoms with Gasteiger partial charge in [0.05, 0.1) is 33.0 Å². The Morgan fingerprint density at radius 2 is 0.977 bits per heavy atom. The first-order valence-corrected chi connectivity index (χ1v) is 14.6. The Labute approximate surface area is 253 Å². The molecule has 3 unspecified atom stereocenters. The molecule has 0 bridgehead atoms. The van der Waals surface area contributed by atoms with Crippen LogP contribution in [-0.4, -0.2) is 43.3 Å². The predicted octanol–water partition coefficient (Wildman–Crippen LogP) is 6.25. The van der Waals surface area contributed by atoms with Gasteiger partial charge in [-0.05, 0) is 22.3 Å². The Hall–Kier alpha value is -3.85. The maximum atomic E-state index is 12.4. The van der Waals surface area contributed by atoms with Gasteiger partial charge in [-0.3, -0.25) is 4.79 Å². The second-order valence-corrected chi connectivity index (χ2v) is 10.4. The first-order valence-electron chi connectivity index (χ1n) is 14.6. The van der Waals surface area contributed by atoms with Gasteiger partial charge in [0.2, 0.25) is 0 Å². The lowest BCUT2D eigenvalue weighted by molar-refractivity contribution is -0.323. The molecular weight excluding hydrogens is 544 g/mol. The highest BCUT2D eigenvalue weighted by molar-refractivity contribution is 5.66. The van der Waals surface area contributed by atoms with E-state index in [0.717, 1.165) is 22.3 Å². The number of hydrogen-bond donors (Lipinski definition) is 0. The van der Waals surface area contributed by atoms with E-state index in [-0.39, 0.29) is 19.8 Å². The summed E-state index contributed by atoms with van der Waals surface area (Å²) in [5, 5.41) is 0. The summed E-state index contributed by atoms with van der Waals surface area (Å²) in [6.45, 7) is 2.87. The average molecular weight is 583 g/mol. The number of hydrogen-bond acceptors (Lipinski definition) is 7. The number of carbonyl (C=O) groups excluding carboxylic acids is 1. The molecular formula is C36H38O7. The lowest BCUT2D eigenvalue weighted by Crippen LogP contribution is -2.62. The summed E-state index contributed by atoms with van der Waals surface area (Å²) in [6.07, 6.45) is -3.68. The molecule has 0 aromatic heterocycles. The normalized spacial score (nSPS) is 21.7. The molecule has 7 heteroatoms. The smallest absolute Gasteiger partial charge is 0.303 e. The lowest BCUT2D eigenvalue weighted by atomic mass is 9.97. The first-order chi connectivity index (χ1) is 21.2. The zero-order valence-electron chi connectivity index (χ0n) is 24.3. The fraction of sp³-hybridized carbons (Fsp3) is 0.306. The van der Waals surface area contributed by atoms with Crippen molar-refractivity contribution in [2.24, 2.45) is 0 Å². The van der Waals surface area contributed by atoms with E-state index in [1.807, 2.05) is 121 Å². The van der Waals surface area contributed by atoms with Gasteiger partial charge in [0.1, 0.15) is 18.3 Å². The maximum Gasteiger partial charge on any atom is 0.303 e. The van der Waals surface area contributed by atoms with E-state index in [1.165, 1.54) is 6.92 Å². The van der Waals surface area contributed by atoms with Crippen molar-refractivity contribution in [3.8, 4) is 0 Å². The third-order valence-corrected chi connectivity index (χ3v) is 7.11. The fourth-order valence-corrected chi connectivity index (χ4v) is 5.01. The van der Waals surface area contributed by atoms with Crippen LogP contribution >= 0.6 is 0 Å². The minimum absolute atomic E-state index is 0.220. The number of rotatable bonds is 14. The molecule has 0 spiro atoms. The molecule has 224 valence electrons. The van der Waals surface area contributed by atoms with E-state index in [2.05, 4.69) is 0 Å². The van der Waals surface area contributed by atoms with Gasteiger partial charge in [-0.2, -0.15) is 0 Å². The third kappa shape index (κ3) is 9.32. The summed E-state index contributed by atoms with van der Waals surface area (Å²) in [5.74, 6) is -0.462. The third-order valence-electron chi connectivity index (χ3n) is 7.11. The van der Waals surface area contributed by atoms with Crippen LogP contribution in [0.1, 0.15) is 29.2 Å². The lowest BCUT2D eigenvalue weighted by Gasteiger charge is -2.45. The molecule has 1 aliphatic rings. The number of esters is 1. The van der Waals surface area contributed by atoms with Crippen LogP contribution in [0, 0.1) is 0 Å². The number of carbonyl (C=O) groups is 1. The van der Waals surface area contributed by atoms with Gasteiger partial charge in [0, 0.05) is 6.92 Å². The number of ether oxygens (including phenoxy) is 6. The van der Waals surface area contributed by atoms with Crippen LogP contribution in [0.15, 0.2) is 121 Å². The van der Waals surface area contributed by atoms with Crippen LogP contribution in [0.25, 0.3) is 0 Å². The zero-order chi connectivity index (χ0) is 29.7. The van der Waals surface area contributed by atoms with Crippen molar-refractivity contribution < 1.29 is 33.2 Å². The Morgan fingerprint density at radius 1 is 0.558 bits per heavy atom. The van der Waals surface area contributed by atoms with Crippen molar-refractivity contribution >= 4 is 5.97 Å². The molecule has 0 amide bonds. The molecule has 1 heterocycles. The van der Waals surface area contributed by atoms with Crippen molar-refractivity contribution in [2.45, 2.75) is 64.1 Å². The standard InChI is InChI=1S/C36H38O7/c1-27(37)42-35-34(40-24-30-18-10-4-11-19-30)33(39-23-29-16-8-3-9-17-29)32(26-38-22-28-14-6-2-7-15-28)43-36(35)41-25-31-20-12-5-13-21-31/h2-21,32-36H,22-26H2,1H3/t32?,33-,34?,35?,36+/m0/s1. The Kier molecular flexibility index (Phi) is 11.5. The molecule has 1 saturated heterocycles. The molecule has 0 radical (unpaired) electrons. The van der Waals surface area contributed by atoms with E-state index < -0.39 is 36.7 Å². The van der Waals surface area contributed by atoms with E-state index in [1.54, 1.807) is 0 Å². The zero-order valence-corrected chi connectivity index (χ0v) is 24.3. The van der Waals surface area contributed by atoms with Crippen molar-refractivity contribution in [1.29, 1.82) is 0 Å². The van der Waals surface area contributed by atoms with Crippen molar-refractivity contribution in [2.75, 3.05) is 6.61 Å². The van der Waals surface area contributed by atoms with Gasteiger partial charge in [-0.1, -0.05) is 121 Å². The van der Waals surface area contributed by atoms with E-state index >= 15 is 0 Å². The molecule has 0 N–H and O–H groups in total. The highest BCUT2D eigenvalue weighted by atomic mass is 16.7. The van der Waals surface area contributed by atoms with Gasteiger partial charge in [0.25, 0.3) is 0 Å². The van der Waals surface area contributed by atoms with E-state index in [0.29, 0.717) is 13.2 Å². The molecule has 43 heavy (non-hydrogen) atoms. The van der Waals surface area contributed by atoms with Gasteiger partial charge < -0.3 is 28.4 Å². The van der Waals surface area contributed by atoms with Crippen LogP contribution in [0.2, 0.25) is 0 Å². The summed E-state index contributed by atoms with van der Waals surface area (Å²) < 4.78 is 37.9. The summed E-state index contributed by atoms with van der Waals surface area (Å²) in [4.78, 5) is 12.4. The molecule has 4 aromatic carbocycles. The SMILES string of the molecule is CC(=O)OC1C(OCc2ccccc2)[C@@H](OCc2ccccc2)C(COCc2ccccc2)O[C@H]1OCc1ccccc1. The Bertz CT molecular complexity index is 1350. The molecule has 5 atom stereocenters. The summed E-state index contributed by atoms with van der Waals surface area (Å²) in [5.41, 5.74) is 4.00. The van der Waals surface area contributed by atoms with Crippen LogP contribution in [0.4, 0.5) is 0 Å². The highest BCUT2D eigenvalue weighted by Gasteiger charge is 2.50. The summed E-state index contributed by atoms with van der Waals surface area (Å²) in [7, 11) is 0. The van der Waals surface area contributed by atoms with Gasteiger partial charge in [-0.25, -0.2) is 0 Å². The van der Waals surface area contributed by atoms with Crippen LogP contribution in [0.5, 0.6) is 0 Å². The summed E-state index contributed by atoms with van der Waals surface area (Å²) in [6, 6.07) is 39.5. The number of benzene rings is 4. The van der Waals surface area contributed by atoms with E-state index in [4.69, 9.17) is 28.4 Å². The quantitative estimate of drug-likeness (QED) is 0.163. The maximum absolute atomic E-state index is 12.4. The second-order valence-electron chi connectivity index (χ2n) is 10.4. The van der Waals surface area contributed by atoms with Crippen LogP contribution < -0.4 is 0 Å². The molecule has 5 rings (SSSR count). The molecule has 7 nitrogen and oxygen atoms in total. The fourth-order valence-electron chi connectivity index (χ4n) is 5.01. The van der Waals surface area contributed by atoms with Crippen molar-refractivity contribution in [3.63, 3.8) is 0 Å². The first kappa shape index (κ1) is 30.6. The van der Waals surface area contributed by atoms with Crippen molar-refractivity contribution in [3.05, 3.63) is 144 Å². The second kappa shape index (κ2) is 16.1. The Morgan fingerprint density at radius 3 is 1.44 bits per heavy atom. The molecule has 4 aromatic rings. The largest absolute Gasteiger partial charge is 0.454 e. The average Bonchev–Trinajstić information content (AvgIpc) is 3.05. The predicted molar refractivity (Wildman–Crippen MR) is 162 cm³/mol. The van der Waals surface area contributed by atoms with Gasteiger partial charge in [0.15, 0.2) is 12.4 Å². The van der Waals surface area contributed by atoms with Gasteiger partial charge >= 0.3 is 5.97 Å². The molecule has 0 saturated carbocycles. The van der Waals surface area contributed by atoms with Gasteiger partial charge in [-0.15, -0.1) is 0 Å². The van der Waals surface area contributed by atoms with Crippen LogP contribution in [0.3, 0.4) is 0 Å². The monoisotopic (exact) mass is 582 g/mol. The van der Waals surface area contributed by atoms with Crippen LogP contribution in [-0.2, 0) is 59.6 Å². The van der Waals surface area contributed by atoms with E-state index in [9.17, 15) is 4.79 Å². The van der Waals surface area contributed by atoms with Crippen molar-refractivity contribution in [1.82, 2.24) is 0 Å². The minimum Gasteiger partial charge on any atom is -0.454 e.